The molecule has 0 radical (unpaired) electrons. The highest BCUT2D eigenvalue weighted by Gasteiger charge is 2.11. The van der Waals surface area contributed by atoms with E-state index in [0.29, 0.717) is 15.7 Å². The number of benzene rings is 1. The fraction of sp³-hybridized carbons (Fsp3) is 0.0714. The van der Waals surface area contributed by atoms with Crippen molar-refractivity contribution in [3.05, 3.63) is 51.2 Å². The summed E-state index contributed by atoms with van der Waals surface area (Å²) in [5.74, 6) is -0.245. The van der Waals surface area contributed by atoms with Gasteiger partial charge in [-0.3, -0.25) is 15.1 Å². The van der Waals surface area contributed by atoms with Crippen molar-refractivity contribution in [3.8, 4) is 0 Å². The molecule has 0 unspecified atom stereocenters. The number of amides is 1. The maximum absolute atomic E-state index is 12.1. The lowest BCUT2D eigenvalue weighted by Crippen LogP contribution is -2.11. The highest BCUT2D eigenvalue weighted by atomic mass is 79.9. The van der Waals surface area contributed by atoms with E-state index in [-0.39, 0.29) is 5.91 Å². The number of nitrogens with zero attached hydrogens (tertiary/aromatic N) is 2. The van der Waals surface area contributed by atoms with E-state index in [4.69, 9.17) is 11.6 Å². The predicted octanol–water partition coefficient (Wildman–Crippen LogP) is 4.67. The number of aryl methyl sites for hydroxylation is 1. The van der Waals surface area contributed by atoms with E-state index in [1.54, 1.807) is 18.3 Å². The molecule has 4 nitrogen and oxygen atoms in total. The lowest BCUT2D eigenvalue weighted by molar-refractivity contribution is 0.102. The van der Waals surface area contributed by atoms with Gasteiger partial charge in [-0.2, -0.15) is 0 Å². The van der Waals surface area contributed by atoms with E-state index in [2.05, 4.69) is 31.2 Å². The van der Waals surface area contributed by atoms with Crippen LogP contribution in [0.25, 0.3) is 10.2 Å². The number of nitrogens with one attached hydrogen (secondary N) is 1. The average molecular weight is 383 g/mol. The van der Waals surface area contributed by atoms with E-state index in [9.17, 15) is 4.79 Å². The molecule has 7 heteroatoms. The monoisotopic (exact) mass is 381 g/mol. The first-order valence-electron chi connectivity index (χ1n) is 6.01. The highest BCUT2D eigenvalue weighted by Crippen LogP contribution is 2.30. The number of aromatic nitrogens is 2. The van der Waals surface area contributed by atoms with Crippen LogP contribution in [0.2, 0.25) is 5.02 Å². The molecular formula is C14H9BrClN3OS. The Morgan fingerprint density at radius 3 is 2.90 bits per heavy atom. The van der Waals surface area contributed by atoms with Gasteiger partial charge in [-0.15, -0.1) is 0 Å². The van der Waals surface area contributed by atoms with Crippen molar-refractivity contribution in [1.29, 1.82) is 0 Å². The number of hydrogen-bond acceptors (Lipinski definition) is 4. The SMILES string of the molecule is Cc1cc2sc(NC(=O)c3cncc(Br)c3)nc2cc1Cl. The van der Waals surface area contributed by atoms with Crippen molar-refractivity contribution in [2.24, 2.45) is 0 Å². The number of carbonyl (C=O) groups excluding carboxylic acids is 1. The van der Waals surface area contributed by atoms with Crippen molar-refractivity contribution < 1.29 is 4.79 Å². The Kier molecular flexibility index (Phi) is 3.93. The molecule has 0 saturated heterocycles. The summed E-state index contributed by atoms with van der Waals surface area (Å²) in [6, 6.07) is 5.47. The number of thiazole rings is 1. The molecule has 0 aliphatic rings. The Bertz CT molecular complexity index is 810. The second-order valence-corrected chi connectivity index (χ2v) is 6.79. The fourth-order valence-corrected chi connectivity index (χ4v) is 3.27. The largest absolute Gasteiger partial charge is 0.298 e. The van der Waals surface area contributed by atoms with Crippen molar-refractivity contribution in [1.82, 2.24) is 9.97 Å². The molecule has 0 aliphatic carbocycles. The summed E-state index contributed by atoms with van der Waals surface area (Å²) in [6.45, 7) is 1.94. The van der Waals surface area contributed by atoms with E-state index in [1.807, 2.05) is 13.0 Å². The third kappa shape index (κ3) is 3.07. The molecule has 3 aromatic rings. The number of carbonyl (C=O) groups is 1. The van der Waals surface area contributed by atoms with Crippen LogP contribution in [0.15, 0.2) is 35.1 Å². The molecule has 1 amide bonds. The van der Waals surface area contributed by atoms with E-state index in [0.717, 1.165) is 20.3 Å². The molecule has 21 heavy (non-hydrogen) atoms. The van der Waals surface area contributed by atoms with Gasteiger partial charge in [0.1, 0.15) is 0 Å². The van der Waals surface area contributed by atoms with Gasteiger partial charge < -0.3 is 0 Å². The highest BCUT2D eigenvalue weighted by molar-refractivity contribution is 9.10. The molecule has 0 spiro atoms. The number of pyridine rings is 1. The van der Waals surface area contributed by atoms with Crippen molar-refractivity contribution in [3.63, 3.8) is 0 Å². The van der Waals surface area contributed by atoms with Crippen molar-refractivity contribution in [2.45, 2.75) is 6.92 Å². The third-order valence-electron chi connectivity index (χ3n) is 2.86. The molecular weight excluding hydrogens is 374 g/mol. The standard InChI is InChI=1S/C14H9BrClN3OS/c1-7-2-12-11(4-10(7)16)18-14(21-12)19-13(20)8-3-9(15)6-17-5-8/h2-6H,1H3,(H,18,19,20). The number of halogens is 2. The normalized spacial score (nSPS) is 10.8. The Morgan fingerprint density at radius 1 is 1.33 bits per heavy atom. The predicted molar refractivity (Wildman–Crippen MR) is 89.3 cm³/mol. The second-order valence-electron chi connectivity index (χ2n) is 4.43. The van der Waals surface area contributed by atoms with Gasteiger partial charge in [-0.25, -0.2) is 4.98 Å². The molecule has 106 valence electrons. The summed E-state index contributed by atoms with van der Waals surface area (Å²) < 4.78 is 1.74. The lowest BCUT2D eigenvalue weighted by Gasteiger charge is -2.00. The topological polar surface area (TPSA) is 54.9 Å². The first-order chi connectivity index (χ1) is 10.0. The molecule has 0 fully saturated rings. The van der Waals surface area contributed by atoms with Crippen LogP contribution in [0.3, 0.4) is 0 Å². The van der Waals surface area contributed by atoms with Gasteiger partial charge in [0, 0.05) is 21.9 Å². The quantitative estimate of drug-likeness (QED) is 0.701. The molecule has 2 heterocycles. The summed E-state index contributed by atoms with van der Waals surface area (Å²) in [6.07, 6.45) is 3.13. The van der Waals surface area contributed by atoms with Crippen molar-refractivity contribution in [2.75, 3.05) is 5.32 Å². The first kappa shape index (κ1) is 14.4. The Balaban J connectivity index is 1.89. The number of rotatable bonds is 2. The molecule has 2 aromatic heterocycles. The maximum atomic E-state index is 12.1. The van der Waals surface area contributed by atoms with Gasteiger partial charge in [-0.1, -0.05) is 22.9 Å². The van der Waals surface area contributed by atoms with Gasteiger partial charge in [-0.05, 0) is 46.6 Å². The molecule has 1 N–H and O–H groups in total. The fourth-order valence-electron chi connectivity index (χ4n) is 1.81. The summed E-state index contributed by atoms with van der Waals surface area (Å²) in [5.41, 5.74) is 2.23. The molecule has 0 atom stereocenters. The minimum atomic E-state index is -0.245. The van der Waals surface area contributed by atoms with Crippen LogP contribution in [-0.4, -0.2) is 15.9 Å². The van der Waals surface area contributed by atoms with Crippen molar-refractivity contribution >= 4 is 60.1 Å². The first-order valence-corrected chi connectivity index (χ1v) is 8.00. The molecule has 0 bridgehead atoms. The van der Waals surface area contributed by atoms with Crippen LogP contribution < -0.4 is 5.32 Å². The lowest BCUT2D eigenvalue weighted by atomic mass is 10.2. The van der Waals surface area contributed by atoms with E-state index in [1.165, 1.54) is 17.5 Å². The number of anilines is 1. The van der Waals surface area contributed by atoms with Crippen LogP contribution in [0.5, 0.6) is 0 Å². The summed E-state index contributed by atoms with van der Waals surface area (Å²) in [4.78, 5) is 20.5. The van der Waals surface area contributed by atoms with Crippen LogP contribution >= 0.6 is 38.9 Å². The van der Waals surface area contributed by atoms with Gasteiger partial charge in [0.2, 0.25) is 0 Å². The Hall–Kier alpha value is -1.50. The Morgan fingerprint density at radius 2 is 2.14 bits per heavy atom. The van der Waals surface area contributed by atoms with Gasteiger partial charge in [0.25, 0.3) is 5.91 Å². The van der Waals surface area contributed by atoms with Gasteiger partial charge in [0.05, 0.1) is 15.8 Å². The van der Waals surface area contributed by atoms with Crippen LogP contribution in [0, 0.1) is 6.92 Å². The number of fused-ring (bicyclic) bond motifs is 1. The second kappa shape index (κ2) is 5.71. The third-order valence-corrected chi connectivity index (χ3v) is 4.63. The zero-order chi connectivity index (χ0) is 15.0. The maximum Gasteiger partial charge on any atom is 0.259 e. The molecule has 0 aliphatic heterocycles. The number of hydrogen-bond donors (Lipinski definition) is 1. The average Bonchev–Trinajstić information content (AvgIpc) is 2.80. The minimum absolute atomic E-state index is 0.245. The van der Waals surface area contributed by atoms with Gasteiger partial charge in [0.15, 0.2) is 5.13 Å². The zero-order valence-electron chi connectivity index (χ0n) is 10.9. The molecule has 1 aromatic carbocycles. The Labute approximate surface area is 138 Å². The minimum Gasteiger partial charge on any atom is -0.298 e. The van der Waals surface area contributed by atoms with E-state index < -0.39 is 0 Å². The summed E-state index contributed by atoms with van der Waals surface area (Å²) >= 11 is 10.8. The van der Waals surface area contributed by atoms with Gasteiger partial charge >= 0.3 is 0 Å². The summed E-state index contributed by atoms with van der Waals surface area (Å²) in [7, 11) is 0. The van der Waals surface area contributed by atoms with E-state index >= 15 is 0 Å². The smallest absolute Gasteiger partial charge is 0.259 e. The van der Waals surface area contributed by atoms with Crippen LogP contribution in [0.1, 0.15) is 15.9 Å². The van der Waals surface area contributed by atoms with Crippen LogP contribution in [-0.2, 0) is 0 Å². The summed E-state index contributed by atoms with van der Waals surface area (Å²) in [5, 5.41) is 3.99. The molecule has 3 rings (SSSR count). The molecule has 0 saturated carbocycles. The zero-order valence-corrected chi connectivity index (χ0v) is 14.0. The van der Waals surface area contributed by atoms with Crippen LogP contribution in [0.4, 0.5) is 5.13 Å².